The molecule has 0 radical (unpaired) electrons. The fourth-order valence-electron chi connectivity index (χ4n) is 1.57. The van der Waals surface area contributed by atoms with Crippen LogP contribution in [-0.4, -0.2) is 42.5 Å². The van der Waals surface area contributed by atoms with E-state index in [4.69, 9.17) is 15.9 Å². The molecule has 0 unspecified atom stereocenters. The first kappa shape index (κ1) is 9.85. The Bertz CT molecular complexity index is 362. The number of nitrogens with two attached hydrogens (primary N) is 1. The van der Waals surface area contributed by atoms with Crippen molar-refractivity contribution in [1.82, 2.24) is 9.97 Å². The van der Waals surface area contributed by atoms with Crippen LogP contribution in [0, 0.1) is 5.41 Å². The van der Waals surface area contributed by atoms with Gasteiger partial charge in [-0.25, -0.2) is 9.97 Å². The smallest absolute Gasteiger partial charge is 0.143 e. The number of aromatic nitrogens is 2. The van der Waals surface area contributed by atoms with E-state index in [9.17, 15) is 0 Å². The molecule has 0 aliphatic carbocycles. The third-order valence-corrected chi connectivity index (χ3v) is 2.35. The first-order valence-corrected chi connectivity index (χ1v) is 4.76. The molecule has 0 aromatic carbocycles. The summed E-state index contributed by atoms with van der Waals surface area (Å²) in [6.07, 6.45) is 2.62. The molecule has 2 rings (SSSR count). The van der Waals surface area contributed by atoms with Crippen LogP contribution in [0.2, 0.25) is 0 Å². The van der Waals surface area contributed by atoms with Gasteiger partial charge in [-0.2, -0.15) is 0 Å². The lowest BCUT2D eigenvalue weighted by molar-refractivity contribution is 0.122. The van der Waals surface area contributed by atoms with E-state index in [2.05, 4.69) is 14.9 Å². The van der Waals surface area contributed by atoms with Crippen molar-refractivity contribution in [3.05, 3.63) is 11.9 Å². The summed E-state index contributed by atoms with van der Waals surface area (Å²) in [4.78, 5) is 10.1. The standard InChI is InChI=1S/C9H13N5O/c10-5-7-8(11)12-6-13-9(7)14-1-3-15-4-2-14/h5-6,10H,1-4H2,(H2,11,12,13). The molecule has 0 amide bonds. The molecule has 0 atom stereocenters. The van der Waals surface area contributed by atoms with Crippen LogP contribution in [0.3, 0.4) is 0 Å². The van der Waals surface area contributed by atoms with Crippen LogP contribution in [-0.2, 0) is 4.74 Å². The highest BCUT2D eigenvalue weighted by Crippen LogP contribution is 2.19. The van der Waals surface area contributed by atoms with Crippen molar-refractivity contribution in [2.24, 2.45) is 0 Å². The lowest BCUT2D eigenvalue weighted by atomic mass is 10.2. The van der Waals surface area contributed by atoms with Crippen molar-refractivity contribution in [3.8, 4) is 0 Å². The van der Waals surface area contributed by atoms with Crippen LogP contribution in [0.15, 0.2) is 6.33 Å². The predicted molar refractivity (Wildman–Crippen MR) is 57.4 cm³/mol. The Morgan fingerprint density at radius 2 is 2.13 bits per heavy atom. The molecule has 1 aromatic rings. The average Bonchev–Trinajstić information content (AvgIpc) is 2.30. The monoisotopic (exact) mass is 207 g/mol. The van der Waals surface area contributed by atoms with E-state index < -0.39 is 0 Å². The third-order valence-electron chi connectivity index (χ3n) is 2.35. The molecular weight excluding hydrogens is 194 g/mol. The fourth-order valence-corrected chi connectivity index (χ4v) is 1.57. The van der Waals surface area contributed by atoms with Crippen molar-refractivity contribution in [2.45, 2.75) is 0 Å². The fraction of sp³-hybridized carbons (Fsp3) is 0.444. The van der Waals surface area contributed by atoms with Crippen LogP contribution in [0.1, 0.15) is 5.56 Å². The summed E-state index contributed by atoms with van der Waals surface area (Å²) in [6, 6.07) is 0. The van der Waals surface area contributed by atoms with Crippen molar-refractivity contribution >= 4 is 17.9 Å². The number of nitrogens with one attached hydrogen (secondary N) is 1. The maximum Gasteiger partial charge on any atom is 0.143 e. The largest absolute Gasteiger partial charge is 0.383 e. The minimum Gasteiger partial charge on any atom is -0.383 e. The molecule has 0 saturated carbocycles. The van der Waals surface area contributed by atoms with Gasteiger partial charge in [0.2, 0.25) is 0 Å². The van der Waals surface area contributed by atoms with Crippen LogP contribution >= 0.6 is 0 Å². The molecule has 1 aromatic heterocycles. The molecule has 0 spiro atoms. The topological polar surface area (TPSA) is 88.1 Å². The first-order chi connectivity index (χ1) is 7.33. The Balaban J connectivity index is 2.33. The number of morpholine rings is 1. The second-order valence-corrected chi connectivity index (χ2v) is 3.24. The zero-order chi connectivity index (χ0) is 10.7. The number of hydrogen-bond donors (Lipinski definition) is 2. The molecule has 0 bridgehead atoms. The normalized spacial score (nSPS) is 16.4. The van der Waals surface area contributed by atoms with Gasteiger partial charge in [0.15, 0.2) is 0 Å². The van der Waals surface area contributed by atoms with Crippen LogP contribution in [0.4, 0.5) is 11.6 Å². The Morgan fingerprint density at radius 3 is 2.80 bits per heavy atom. The molecular formula is C9H13N5O. The maximum absolute atomic E-state index is 7.30. The lowest BCUT2D eigenvalue weighted by Crippen LogP contribution is -2.37. The van der Waals surface area contributed by atoms with Gasteiger partial charge in [0.05, 0.1) is 18.8 Å². The van der Waals surface area contributed by atoms with Gasteiger partial charge in [0, 0.05) is 19.3 Å². The third kappa shape index (κ3) is 1.89. The number of anilines is 2. The Hall–Kier alpha value is -1.69. The SMILES string of the molecule is N=Cc1c(N)ncnc1N1CCOCC1. The number of rotatable bonds is 2. The number of nitrogen functional groups attached to an aromatic ring is 1. The van der Waals surface area contributed by atoms with E-state index in [1.54, 1.807) is 0 Å². The van der Waals surface area contributed by atoms with E-state index >= 15 is 0 Å². The zero-order valence-electron chi connectivity index (χ0n) is 8.31. The molecule has 1 aliphatic heterocycles. The molecule has 3 N–H and O–H groups in total. The van der Waals surface area contributed by atoms with E-state index in [0.29, 0.717) is 24.6 Å². The van der Waals surface area contributed by atoms with Gasteiger partial charge < -0.3 is 20.8 Å². The molecule has 2 heterocycles. The summed E-state index contributed by atoms with van der Waals surface area (Å²) in [6.45, 7) is 2.91. The zero-order valence-corrected chi connectivity index (χ0v) is 8.31. The molecule has 6 nitrogen and oxygen atoms in total. The van der Waals surface area contributed by atoms with Crippen molar-refractivity contribution in [3.63, 3.8) is 0 Å². The second-order valence-electron chi connectivity index (χ2n) is 3.24. The van der Waals surface area contributed by atoms with Gasteiger partial charge >= 0.3 is 0 Å². The number of hydrogen-bond acceptors (Lipinski definition) is 6. The molecule has 1 fully saturated rings. The minimum atomic E-state index is 0.349. The number of nitrogens with zero attached hydrogens (tertiary/aromatic N) is 3. The van der Waals surface area contributed by atoms with Crippen LogP contribution in [0.5, 0.6) is 0 Å². The highest BCUT2D eigenvalue weighted by atomic mass is 16.5. The van der Waals surface area contributed by atoms with Crippen molar-refractivity contribution in [1.29, 1.82) is 5.41 Å². The molecule has 15 heavy (non-hydrogen) atoms. The Kier molecular flexibility index (Phi) is 2.77. The maximum atomic E-state index is 7.30. The molecule has 1 aliphatic rings. The highest BCUT2D eigenvalue weighted by molar-refractivity contribution is 5.90. The van der Waals surface area contributed by atoms with Gasteiger partial charge in [-0.05, 0) is 0 Å². The highest BCUT2D eigenvalue weighted by Gasteiger charge is 2.16. The van der Waals surface area contributed by atoms with Crippen LogP contribution < -0.4 is 10.6 Å². The van der Waals surface area contributed by atoms with E-state index in [-0.39, 0.29) is 0 Å². The summed E-state index contributed by atoms with van der Waals surface area (Å²) in [5, 5.41) is 7.30. The van der Waals surface area contributed by atoms with Gasteiger partial charge in [0.1, 0.15) is 18.0 Å². The average molecular weight is 207 g/mol. The molecule has 80 valence electrons. The summed E-state index contributed by atoms with van der Waals surface area (Å²) in [5.41, 5.74) is 6.26. The molecule has 6 heteroatoms. The summed E-state index contributed by atoms with van der Waals surface area (Å²) in [7, 11) is 0. The van der Waals surface area contributed by atoms with Gasteiger partial charge in [-0.1, -0.05) is 0 Å². The van der Waals surface area contributed by atoms with E-state index in [1.807, 2.05) is 0 Å². The van der Waals surface area contributed by atoms with Crippen molar-refractivity contribution < 1.29 is 4.74 Å². The van der Waals surface area contributed by atoms with Gasteiger partial charge in [-0.15, -0.1) is 0 Å². The number of ether oxygens (including phenoxy) is 1. The summed E-state index contributed by atoms with van der Waals surface area (Å²) in [5.74, 6) is 1.07. The molecule has 1 saturated heterocycles. The van der Waals surface area contributed by atoms with E-state index in [1.165, 1.54) is 12.5 Å². The van der Waals surface area contributed by atoms with Gasteiger partial charge in [0.25, 0.3) is 0 Å². The Labute approximate surface area is 87.6 Å². The summed E-state index contributed by atoms with van der Waals surface area (Å²) >= 11 is 0. The van der Waals surface area contributed by atoms with Crippen LogP contribution in [0.25, 0.3) is 0 Å². The lowest BCUT2D eigenvalue weighted by Gasteiger charge is -2.28. The van der Waals surface area contributed by atoms with E-state index in [0.717, 1.165) is 18.9 Å². The predicted octanol–water partition coefficient (Wildman–Crippen LogP) is -0.107. The minimum absolute atomic E-state index is 0.349. The summed E-state index contributed by atoms with van der Waals surface area (Å²) < 4.78 is 5.25. The van der Waals surface area contributed by atoms with Crippen molar-refractivity contribution in [2.75, 3.05) is 36.9 Å². The first-order valence-electron chi connectivity index (χ1n) is 4.76. The Morgan fingerprint density at radius 1 is 1.40 bits per heavy atom. The quantitative estimate of drug-likeness (QED) is 0.661. The second kappa shape index (κ2) is 4.22. The van der Waals surface area contributed by atoms with Gasteiger partial charge in [-0.3, -0.25) is 0 Å².